The third kappa shape index (κ3) is 6.82. The molecule has 0 spiro atoms. The maximum atomic E-state index is 14.3. The normalized spacial score (nSPS) is 22.0. The molecular formula is C33H41N3O3. The molecule has 4 rings (SSSR count). The number of aliphatic hydroxyl groups is 1. The summed E-state index contributed by atoms with van der Waals surface area (Å²) in [4.78, 5) is 30.1. The van der Waals surface area contributed by atoms with Gasteiger partial charge in [0.25, 0.3) is 5.91 Å². The number of ketones is 1. The zero-order valence-corrected chi connectivity index (χ0v) is 23.4. The van der Waals surface area contributed by atoms with E-state index in [1.54, 1.807) is 0 Å². The fraction of sp³-hybridized carbons (Fsp3) is 0.394. The molecule has 0 aromatic heterocycles. The van der Waals surface area contributed by atoms with E-state index in [4.69, 9.17) is 0 Å². The second-order valence-corrected chi connectivity index (χ2v) is 11.6. The van der Waals surface area contributed by atoms with Gasteiger partial charge in [0.1, 0.15) is 5.78 Å². The number of Topliss-reactive ketones (excluding diaryl/α,β-unsaturated/α-hetero) is 1. The van der Waals surface area contributed by atoms with E-state index in [-0.39, 0.29) is 18.2 Å². The molecule has 2 unspecified atom stereocenters. The maximum Gasteiger partial charge on any atom is 0.269 e. The van der Waals surface area contributed by atoms with Crippen molar-refractivity contribution < 1.29 is 14.7 Å². The predicted octanol–water partition coefficient (Wildman–Crippen LogP) is 4.64. The Kier molecular flexibility index (Phi) is 9.01. The van der Waals surface area contributed by atoms with E-state index in [0.717, 1.165) is 16.7 Å². The lowest BCUT2D eigenvalue weighted by Gasteiger charge is -2.41. The highest BCUT2D eigenvalue weighted by atomic mass is 16.3. The van der Waals surface area contributed by atoms with Gasteiger partial charge in [-0.3, -0.25) is 19.8 Å². The average molecular weight is 528 g/mol. The summed E-state index contributed by atoms with van der Waals surface area (Å²) in [5, 5.41) is 18.2. The number of carbonyl (C=O) groups is 2. The fourth-order valence-electron chi connectivity index (χ4n) is 5.63. The van der Waals surface area contributed by atoms with Crippen LogP contribution in [0.4, 0.5) is 0 Å². The molecule has 1 aliphatic rings. The van der Waals surface area contributed by atoms with E-state index < -0.39 is 29.1 Å². The number of hydrogen-bond donors (Lipinski definition) is 3. The molecule has 1 saturated heterocycles. The van der Waals surface area contributed by atoms with Crippen molar-refractivity contribution in [2.45, 2.75) is 70.4 Å². The maximum absolute atomic E-state index is 14.3. The Labute approximate surface area is 232 Å². The van der Waals surface area contributed by atoms with Crippen molar-refractivity contribution in [2.24, 2.45) is 5.92 Å². The van der Waals surface area contributed by atoms with Gasteiger partial charge >= 0.3 is 0 Å². The molecule has 3 N–H and O–H groups in total. The van der Waals surface area contributed by atoms with Crippen LogP contribution in [0.15, 0.2) is 91.0 Å². The second kappa shape index (κ2) is 12.2. The van der Waals surface area contributed by atoms with E-state index in [1.165, 1.54) is 0 Å². The molecule has 1 fully saturated rings. The standard InChI is InChI=1S/C33H41N3O3/c1-5-27(26-19-13-8-14-20-26)29(37)28-21-34-33(39,31(38)35-32(2,3)4)30(28)36(22-24-15-9-6-10-16-24)23-25-17-11-7-12-18-25/h6-20,27-28,30,34,39H,5,21-23H2,1-4H3,(H,35,38)/t27?,28?,30-,33+/m0/s1. The van der Waals surface area contributed by atoms with E-state index in [9.17, 15) is 14.7 Å². The molecule has 0 aliphatic carbocycles. The van der Waals surface area contributed by atoms with Gasteiger partial charge in [-0.2, -0.15) is 0 Å². The lowest BCUT2D eigenvalue weighted by atomic mass is 9.80. The smallest absolute Gasteiger partial charge is 0.269 e. The molecule has 206 valence electrons. The lowest BCUT2D eigenvalue weighted by Crippen LogP contribution is -2.66. The van der Waals surface area contributed by atoms with Crippen molar-refractivity contribution in [2.75, 3.05) is 6.54 Å². The van der Waals surface area contributed by atoms with E-state index >= 15 is 0 Å². The molecule has 1 aliphatic heterocycles. The Hall–Kier alpha value is -3.32. The third-order valence-electron chi connectivity index (χ3n) is 7.40. The highest BCUT2D eigenvalue weighted by Crippen LogP contribution is 2.36. The topological polar surface area (TPSA) is 81.7 Å². The number of benzene rings is 3. The summed E-state index contributed by atoms with van der Waals surface area (Å²) in [5.74, 6) is -1.41. The quantitative estimate of drug-likeness (QED) is 0.358. The van der Waals surface area contributed by atoms with Gasteiger partial charge in [-0.25, -0.2) is 0 Å². The summed E-state index contributed by atoms with van der Waals surface area (Å²) in [7, 11) is 0. The highest BCUT2D eigenvalue weighted by molar-refractivity contribution is 5.93. The Balaban J connectivity index is 1.79. The first kappa shape index (κ1) is 28.7. The molecule has 1 amide bonds. The van der Waals surface area contributed by atoms with Gasteiger partial charge in [0.2, 0.25) is 5.72 Å². The molecule has 1 heterocycles. The highest BCUT2D eigenvalue weighted by Gasteiger charge is 2.58. The molecule has 4 atom stereocenters. The summed E-state index contributed by atoms with van der Waals surface area (Å²) >= 11 is 0. The first-order valence-electron chi connectivity index (χ1n) is 13.8. The van der Waals surface area contributed by atoms with Crippen molar-refractivity contribution in [1.82, 2.24) is 15.5 Å². The fourth-order valence-corrected chi connectivity index (χ4v) is 5.63. The van der Waals surface area contributed by atoms with E-state index in [0.29, 0.717) is 19.5 Å². The van der Waals surface area contributed by atoms with Crippen LogP contribution < -0.4 is 10.6 Å². The molecule has 0 radical (unpaired) electrons. The van der Waals surface area contributed by atoms with E-state index in [2.05, 4.69) is 15.5 Å². The van der Waals surface area contributed by atoms with Crippen molar-refractivity contribution >= 4 is 11.7 Å². The minimum atomic E-state index is -1.95. The van der Waals surface area contributed by atoms with Crippen LogP contribution in [0.25, 0.3) is 0 Å². The van der Waals surface area contributed by atoms with Gasteiger partial charge < -0.3 is 10.4 Å². The third-order valence-corrected chi connectivity index (χ3v) is 7.40. The largest absolute Gasteiger partial charge is 0.366 e. The number of carbonyl (C=O) groups excluding carboxylic acids is 2. The van der Waals surface area contributed by atoms with Crippen LogP contribution in [0, 0.1) is 5.92 Å². The number of nitrogens with zero attached hydrogens (tertiary/aromatic N) is 1. The molecule has 0 bridgehead atoms. The minimum absolute atomic E-state index is 0.0341. The molecular weight excluding hydrogens is 486 g/mol. The second-order valence-electron chi connectivity index (χ2n) is 11.6. The molecule has 3 aromatic rings. The first-order valence-corrected chi connectivity index (χ1v) is 13.8. The van der Waals surface area contributed by atoms with Crippen LogP contribution in [-0.2, 0) is 22.7 Å². The number of hydrogen-bond acceptors (Lipinski definition) is 5. The zero-order valence-electron chi connectivity index (χ0n) is 23.4. The van der Waals surface area contributed by atoms with Gasteiger partial charge in [-0.15, -0.1) is 0 Å². The van der Waals surface area contributed by atoms with Gasteiger partial charge in [-0.1, -0.05) is 97.9 Å². The Bertz CT molecular complexity index is 1190. The number of nitrogens with one attached hydrogen (secondary N) is 2. The van der Waals surface area contributed by atoms with Crippen LogP contribution in [0.3, 0.4) is 0 Å². The van der Waals surface area contributed by atoms with Gasteiger partial charge in [0.15, 0.2) is 0 Å². The number of rotatable bonds is 10. The van der Waals surface area contributed by atoms with Gasteiger partial charge in [-0.05, 0) is 43.9 Å². The zero-order chi connectivity index (χ0) is 28.0. The summed E-state index contributed by atoms with van der Waals surface area (Å²) in [6.45, 7) is 8.82. The van der Waals surface area contributed by atoms with Crippen LogP contribution >= 0.6 is 0 Å². The molecule has 6 nitrogen and oxygen atoms in total. The van der Waals surface area contributed by atoms with Gasteiger partial charge in [0, 0.05) is 31.1 Å². The number of amides is 1. The molecule has 3 aromatic carbocycles. The van der Waals surface area contributed by atoms with Gasteiger partial charge in [0.05, 0.1) is 12.0 Å². The summed E-state index contributed by atoms with van der Waals surface area (Å²) in [6, 6.07) is 29.0. The Morgan fingerprint density at radius 2 is 1.41 bits per heavy atom. The first-order chi connectivity index (χ1) is 18.6. The molecule has 39 heavy (non-hydrogen) atoms. The molecule has 0 saturated carbocycles. The minimum Gasteiger partial charge on any atom is -0.366 e. The lowest BCUT2D eigenvalue weighted by molar-refractivity contribution is -0.153. The van der Waals surface area contributed by atoms with Crippen LogP contribution in [0.2, 0.25) is 0 Å². The van der Waals surface area contributed by atoms with Crippen LogP contribution in [-0.4, -0.2) is 45.5 Å². The van der Waals surface area contributed by atoms with Crippen LogP contribution in [0.5, 0.6) is 0 Å². The predicted molar refractivity (Wildman–Crippen MR) is 155 cm³/mol. The summed E-state index contributed by atoms with van der Waals surface area (Å²) in [6.07, 6.45) is 0.635. The van der Waals surface area contributed by atoms with Crippen molar-refractivity contribution in [1.29, 1.82) is 0 Å². The monoisotopic (exact) mass is 527 g/mol. The average Bonchev–Trinajstić information content (AvgIpc) is 3.28. The summed E-state index contributed by atoms with van der Waals surface area (Å²) < 4.78 is 0. The Morgan fingerprint density at radius 1 is 0.923 bits per heavy atom. The molecule has 6 heteroatoms. The van der Waals surface area contributed by atoms with E-state index in [1.807, 2.05) is 119 Å². The van der Waals surface area contributed by atoms with Crippen molar-refractivity contribution in [3.63, 3.8) is 0 Å². The SMILES string of the molecule is CCC(C(=O)C1CN[C@](O)(C(=O)NC(C)(C)C)[C@H]1N(Cc1ccccc1)Cc1ccccc1)c1ccccc1. The Morgan fingerprint density at radius 3 is 1.87 bits per heavy atom. The summed E-state index contributed by atoms with van der Waals surface area (Å²) in [5.41, 5.74) is 0.531. The van der Waals surface area contributed by atoms with Crippen molar-refractivity contribution in [3.05, 3.63) is 108 Å². The van der Waals surface area contributed by atoms with Crippen LogP contribution in [0.1, 0.15) is 56.7 Å². The van der Waals surface area contributed by atoms with Crippen molar-refractivity contribution in [3.8, 4) is 0 Å².